The predicted molar refractivity (Wildman–Crippen MR) is 97.1 cm³/mol. The molecule has 0 unspecified atom stereocenters. The van der Waals surface area contributed by atoms with Gasteiger partial charge < -0.3 is 15.4 Å². The number of carbonyl (C=O) groups excluding carboxylic acids is 1. The third-order valence-corrected chi connectivity index (χ3v) is 3.90. The zero-order chi connectivity index (χ0) is 18.6. The number of benzene rings is 1. The summed E-state index contributed by atoms with van der Waals surface area (Å²) in [5.41, 5.74) is 0.885. The highest BCUT2D eigenvalue weighted by Crippen LogP contribution is 2.17. The Labute approximate surface area is 147 Å². The second kappa shape index (κ2) is 7.51. The van der Waals surface area contributed by atoms with Crippen molar-refractivity contribution in [3.63, 3.8) is 0 Å². The van der Waals surface area contributed by atoms with Gasteiger partial charge in [-0.15, -0.1) is 0 Å². The third-order valence-electron chi connectivity index (χ3n) is 3.90. The second-order valence-electron chi connectivity index (χ2n) is 7.15. The molecule has 1 amide bonds. The lowest BCUT2D eigenvalue weighted by molar-refractivity contribution is 0.0950. The van der Waals surface area contributed by atoms with Gasteiger partial charge in [-0.1, -0.05) is 32.9 Å². The second-order valence-corrected chi connectivity index (χ2v) is 7.15. The highest BCUT2D eigenvalue weighted by Gasteiger charge is 2.21. The molecular weight excluding hydrogens is 318 g/mol. The fraction of sp³-hybridized carbons (Fsp3) is 0.421. The van der Waals surface area contributed by atoms with Crippen LogP contribution in [0.5, 0.6) is 5.75 Å². The van der Waals surface area contributed by atoms with E-state index in [1.54, 1.807) is 19.1 Å². The van der Waals surface area contributed by atoms with Crippen LogP contribution in [-0.4, -0.2) is 27.5 Å². The first kappa shape index (κ1) is 18.7. The molecular formula is C19H25N3O3. The number of nitrogens with one attached hydrogen (secondary N) is 2. The summed E-state index contributed by atoms with van der Waals surface area (Å²) in [5, 5.41) is 12.0. The lowest BCUT2D eigenvalue weighted by Gasteiger charge is -2.18. The van der Waals surface area contributed by atoms with E-state index in [1.165, 1.54) is 0 Å². The molecule has 0 atom stereocenters. The van der Waals surface area contributed by atoms with E-state index in [1.807, 2.05) is 32.9 Å². The fourth-order valence-corrected chi connectivity index (χ4v) is 2.45. The number of aromatic amines is 1. The van der Waals surface area contributed by atoms with Gasteiger partial charge in [0.2, 0.25) is 0 Å². The van der Waals surface area contributed by atoms with Gasteiger partial charge in [-0.2, -0.15) is 0 Å². The quantitative estimate of drug-likeness (QED) is 0.727. The lowest BCUT2D eigenvalue weighted by atomic mass is 9.95. The molecule has 0 saturated carbocycles. The van der Waals surface area contributed by atoms with Gasteiger partial charge in [0.05, 0.1) is 5.69 Å². The average Bonchev–Trinajstić information content (AvgIpc) is 2.51. The average molecular weight is 343 g/mol. The van der Waals surface area contributed by atoms with E-state index < -0.39 is 11.5 Å². The molecule has 0 saturated heterocycles. The monoisotopic (exact) mass is 343 g/mol. The van der Waals surface area contributed by atoms with E-state index in [0.29, 0.717) is 18.1 Å². The summed E-state index contributed by atoms with van der Waals surface area (Å²) in [4.78, 5) is 31.6. The van der Waals surface area contributed by atoms with Crippen LogP contribution in [0.1, 0.15) is 54.6 Å². The van der Waals surface area contributed by atoms with Crippen molar-refractivity contribution in [2.45, 2.75) is 46.0 Å². The summed E-state index contributed by atoms with van der Waals surface area (Å²) in [6, 6.07) is 6.97. The van der Waals surface area contributed by atoms with Crippen LogP contribution < -0.4 is 10.9 Å². The molecule has 0 spiro atoms. The van der Waals surface area contributed by atoms with Gasteiger partial charge in [-0.25, -0.2) is 4.98 Å². The summed E-state index contributed by atoms with van der Waals surface area (Å²) in [7, 11) is 0. The van der Waals surface area contributed by atoms with E-state index in [4.69, 9.17) is 0 Å². The molecule has 25 heavy (non-hydrogen) atoms. The molecule has 1 aromatic carbocycles. The molecule has 0 aliphatic rings. The molecule has 0 radical (unpaired) electrons. The van der Waals surface area contributed by atoms with Crippen LogP contribution in [0.4, 0.5) is 0 Å². The first-order valence-electron chi connectivity index (χ1n) is 8.36. The first-order chi connectivity index (χ1) is 11.7. The minimum absolute atomic E-state index is 0.0673. The Balaban J connectivity index is 1.97. The lowest BCUT2D eigenvalue weighted by Crippen LogP contribution is -2.34. The van der Waals surface area contributed by atoms with Gasteiger partial charge in [0.1, 0.15) is 17.1 Å². The maximum atomic E-state index is 12.3. The number of aromatic nitrogens is 2. The Kier molecular flexibility index (Phi) is 5.62. The number of hydrogen-bond donors (Lipinski definition) is 3. The number of H-pyrrole nitrogens is 1. The highest BCUT2D eigenvalue weighted by atomic mass is 16.3. The molecule has 134 valence electrons. The van der Waals surface area contributed by atoms with Crippen molar-refractivity contribution in [1.29, 1.82) is 0 Å². The van der Waals surface area contributed by atoms with Crippen molar-refractivity contribution in [2.24, 2.45) is 0 Å². The van der Waals surface area contributed by atoms with Gasteiger partial charge in [0.15, 0.2) is 0 Å². The Bertz CT molecular complexity index is 802. The third kappa shape index (κ3) is 4.92. The van der Waals surface area contributed by atoms with Crippen LogP contribution in [0, 0.1) is 6.92 Å². The summed E-state index contributed by atoms with van der Waals surface area (Å²) in [6.07, 6.45) is 1.51. The van der Waals surface area contributed by atoms with Gasteiger partial charge in [0.25, 0.3) is 11.5 Å². The SMILES string of the molecule is Cc1nc(C(C)(C)C)[nH]c(=O)c1C(=O)NCCCc1ccc(O)cc1. The Morgan fingerprint density at radius 1 is 1.24 bits per heavy atom. The summed E-state index contributed by atoms with van der Waals surface area (Å²) < 4.78 is 0. The molecule has 2 rings (SSSR count). The minimum atomic E-state index is -0.409. The maximum Gasteiger partial charge on any atom is 0.264 e. The number of aromatic hydroxyl groups is 1. The zero-order valence-electron chi connectivity index (χ0n) is 15.1. The maximum absolute atomic E-state index is 12.3. The number of rotatable bonds is 5. The van der Waals surface area contributed by atoms with Crippen molar-refractivity contribution in [3.8, 4) is 5.75 Å². The van der Waals surface area contributed by atoms with E-state index in [-0.39, 0.29) is 16.7 Å². The number of phenolic OH excluding ortho intramolecular Hbond substituents is 1. The minimum Gasteiger partial charge on any atom is -0.508 e. The van der Waals surface area contributed by atoms with E-state index in [2.05, 4.69) is 15.3 Å². The van der Waals surface area contributed by atoms with Gasteiger partial charge in [-0.05, 0) is 37.5 Å². The zero-order valence-corrected chi connectivity index (χ0v) is 15.1. The molecule has 0 aliphatic carbocycles. The Morgan fingerprint density at radius 3 is 2.44 bits per heavy atom. The van der Waals surface area contributed by atoms with E-state index >= 15 is 0 Å². The number of amides is 1. The number of phenols is 1. The number of aryl methyl sites for hydroxylation is 2. The molecule has 6 nitrogen and oxygen atoms in total. The smallest absolute Gasteiger partial charge is 0.264 e. The number of nitrogens with zero attached hydrogens (tertiary/aromatic N) is 1. The fourth-order valence-electron chi connectivity index (χ4n) is 2.45. The summed E-state index contributed by atoms with van der Waals surface area (Å²) in [6.45, 7) is 7.99. The molecule has 0 fully saturated rings. The van der Waals surface area contributed by atoms with Gasteiger partial charge in [0, 0.05) is 12.0 Å². The molecule has 1 aromatic heterocycles. The van der Waals surface area contributed by atoms with Crippen molar-refractivity contribution in [1.82, 2.24) is 15.3 Å². The van der Waals surface area contributed by atoms with Gasteiger partial charge >= 0.3 is 0 Å². The molecule has 0 bridgehead atoms. The van der Waals surface area contributed by atoms with E-state index in [0.717, 1.165) is 18.4 Å². The largest absolute Gasteiger partial charge is 0.508 e. The van der Waals surface area contributed by atoms with Crippen LogP contribution in [0.15, 0.2) is 29.1 Å². The Hall–Kier alpha value is -2.63. The Morgan fingerprint density at radius 2 is 1.88 bits per heavy atom. The van der Waals surface area contributed by atoms with E-state index in [9.17, 15) is 14.7 Å². The number of carbonyl (C=O) groups is 1. The van der Waals surface area contributed by atoms with Crippen LogP contribution >= 0.6 is 0 Å². The van der Waals surface area contributed by atoms with Crippen molar-refractivity contribution >= 4 is 5.91 Å². The summed E-state index contributed by atoms with van der Waals surface area (Å²) >= 11 is 0. The molecule has 0 aliphatic heterocycles. The predicted octanol–water partition coefficient (Wildman–Crippen LogP) is 2.44. The van der Waals surface area contributed by atoms with Crippen LogP contribution in [-0.2, 0) is 11.8 Å². The molecule has 3 N–H and O–H groups in total. The number of hydrogen-bond acceptors (Lipinski definition) is 4. The summed E-state index contributed by atoms with van der Waals surface area (Å²) in [5.74, 6) is 0.397. The molecule has 6 heteroatoms. The standard InChI is InChI=1S/C19H25N3O3/c1-12-15(17(25)22-18(21-12)19(2,3)4)16(24)20-11-5-6-13-7-9-14(23)10-8-13/h7-10,23H,5-6,11H2,1-4H3,(H,20,24)(H,21,22,25). The van der Waals surface area contributed by atoms with Crippen molar-refractivity contribution in [3.05, 3.63) is 57.3 Å². The van der Waals surface area contributed by atoms with Crippen LogP contribution in [0.25, 0.3) is 0 Å². The molecule has 2 aromatic rings. The normalized spacial score (nSPS) is 11.4. The van der Waals surface area contributed by atoms with Crippen molar-refractivity contribution < 1.29 is 9.90 Å². The highest BCUT2D eigenvalue weighted by molar-refractivity contribution is 5.94. The van der Waals surface area contributed by atoms with Gasteiger partial charge in [-0.3, -0.25) is 9.59 Å². The van der Waals surface area contributed by atoms with Crippen LogP contribution in [0.2, 0.25) is 0 Å². The topological polar surface area (TPSA) is 95.1 Å². The molecule has 1 heterocycles. The van der Waals surface area contributed by atoms with Crippen LogP contribution in [0.3, 0.4) is 0 Å². The first-order valence-corrected chi connectivity index (χ1v) is 8.36. The van der Waals surface area contributed by atoms with Crippen molar-refractivity contribution in [2.75, 3.05) is 6.54 Å².